The van der Waals surface area contributed by atoms with Crippen LogP contribution >= 0.6 is 0 Å². The summed E-state index contributed by atoms with van der Waals surface area (Å²) in [6.45, 7) is 4.13. The van der Waals surface area contributed by atoms with Crippen molar-refractivity contribution in [2.24, 2.45) is 5.73 Å². The average Bonchev–Trinajstić information content (AvgIpc) is 2.89. The molecule has 0 radical (unpaired) electrons. The second kappa shape index (κ2) is 5.15. The molecule has 1 aromatic carbocycles. The molecular weight excluding hydrogens is 244 g/mol. The zero-order valence-electron chi connectivity index (χ0n) is 10.9. The van der Waals surface area contributed by atoms with Crippen molar-refractivity contribution >= 4 is 5.91 Å². The molecule has 3 N–H and O–H groups in total. The van der Waals surface area contributed by atoms with Crippen LogP contribution in [0.4, 0.5) is 0 Å². The summed E-state index contributed by atoms with van der Waals surface area (Å²) < 4.78 is 1.52. The Bertz CT molecular complexity index is 541. The Kier molecular flexibility index (Phi) is 3.57. The van der Waals surface area contributed by atoms with Gasteiger partial charge in [-0.2, -0.15) is 0 Å². The van der Waals surface area contributed by atoms with E-state index in [2.05, 4.69) is 20.8 Å². The van der Waals surface area contributed by atoms with Gasteiger partial charge < -0.3 is 11.1 Å². The number of hydrogen-bond donors (Lipinski definition) is 2. The van der Waals surface area contributed by atoms with E-state index < -0.39 is 5.54 Å². The molecule has 1 heterocycles. The van der Waals surface area contributed by atoms with E-state index in [4.69, 9.17) is 5.73 Å². The SMILES string of the molecule is CC(C)(N)CNC(=O)c1ccc(-n2cnnn2)cc1. The van der Waals surface area contributed by atoms with E-state index in [0.29, 0.717) is 12.1 Å². The highest BCUT2D eigenvalue weighted by molar-refractivity contribution is 5.94. The van der Waals surface area contributed by atoms with E-state index >= 15 is 0 Å². The largest absolute Gasteiger partial charge is 0.350 e. The number of benzene rings is 1. The molecule has 0 aliphatic rings. The van der Waals surface area contributed by atoms with Gasteiger partial charge in [0.2, 0.25) is 0 Å². The Balaban J connectivity index is 2.04. The fourth-order valence-electron chi connectivity index (χ4n) is 1.46. The second-order valence-electron chi connectivity index (χ2n) is 4.97. The summed E-state index contributed by atoms with van der Waals surface area (Å²) in [5, 5.41) is 13.7. The van der Waals surface area contributed by atoms with E-state index in [1.807, 2.05) is 13.8 Å². The maximum absolute atomic E-state index is 11.9. The Labute approximate surface area is 110 Å². The van der Waals surface area contributed by atoms with Crippen molar-refractivity contribution in [3.63, 3.8) is 0 Å². The molecule has 7 nitrogen and oxygen atoms in total. The van der Waals surface area contributed by atoms with Crippen LogP contribution in [0.25, 0.3) is 5.69 Å². The molecule has 1 aromatic heterocycles. The predicted octanol–water partition coefficient (Wildman–Crippen LogP) is 0.129. The fourth-order valence-corrected chi connectivity index (χ4v) is 1.46. The van der Waals surface area contributed by atoms with Gasteiger partial charge in [0, 0.05) is 17.6 Å². The summed E-state index contributed by atoms with van der Waals surface area (Å²) >= 11 is 0. The van der Waals surface area contributed by atoms with Crippen LogP contribution in [0.5, 0.6) is 0 Å². The Morgan fingerprint density at radius 1 is 1.37 bits per heavy atom. The summed E-state index contributed by atoms with van der Waals surface area (Å²) in [5.74, 6) is -0.151. The van der Waals surface area contributed by atoms with Crippen LogP contribution in [0.3, 0.4) is 0 Å². The van der Waals surface area contributed by atoms with Crippen LogP contribution in [-0.2, 0) is 0 Å². The van der Waals surface area contributed by atoms with Gasteiger partial charge >= 0.3 is 0 Å². The van der Waals surface area contributed by atoms with E-state index in [1.54, 1.807) is 24.3 Å². The van der Waals surface area contributed by atoms with Crippen molar-refractivity contribution in [3.8, 4) is 5.69 Å². The number of nitrogens with two attached hydrogens (primary N) is 1. The summed E-state index contributed by atoms with van der Waals surface area (Å²) in [6.07, 6.45) is 1.49. The molecule has 0 saturated carbocycles. The highest BCUT2D eigenvalue weighted by Gasteiger charge is 2.13. The number of tetrazole rings is 1. The molecular formula is C12H16N6O. The second-order valence-corrected chi connectivity index (χ2v) is 4.97. The summed E-state index contributed by atoms with van der Waals surface area (Å²) in [4.78, 5) is 11.9. The molecule has 7 heteroatoms. The molecule has 0 bridgehead atoms. The molecule has 0 atom stereocenters. The molecule has 1 amide bonds. The molecule has 2 aromatic rings. The van der Waals surface area contributed by atoms with Crippen LogP contribution in [0.2, 0.25) is 0 Å². The first kappa shape index (κ1) is 13.2. The number of nitrogens with one attached hydrogen (secondary N) is 1. The third kappa shape index (κ3) is 3.59. The number of aromatic nitrogens is 4. The quantitative estimate of drug-likeness (QED) is 0.814. The summed E-state index contributed by atoms with van der Waals surface area (Å²) in [5.41, 5.74) is 6.74. The van der Waals surface area contributed by atoms with Gasteiger partial charge in [-0.3, -0.25) is 4.79 Å². The number of carbonyl (C=O) groups is 1. The molecule has 19 heavy (non-hydrogen) atoms. The maximum Gasteiger partial charge on any atom is 0.251 e. The standard InChI is InChI=1S/C12H16N6O/c1-12(2,13)7-14-11(19)9-3-5-10(6-4-9)18-8-15-16-17-18/h3-6,8H,7,13H2,1-2H3,(H,14,19). The first-order valence-corrected chi connectivity index (χ1v) is 5.86. The lowest BCUT2D eigenvalue weighted by Crippen LogP contribution is -2.45. The average molecular weight is 260 g/mol. The molecule has 100 valence electrons. The third-order valence-corrected chi connectivity index (χ3v) is 2.45. The number of carbonyl (C=O) groups excluding carboxylic acids is 1. The Morgan fingerprint density at radius 3 is 2.58 bits per heavy atom. The van der Waals surface area contributed by atoms with Gasteiger partial charge in [0.15, 0.2) is 0 Å². The van der Waals surface area contributed by atoms with Crippen molar-refractivity contribution in [2.75, 3.05) is 6.54 Å². The minimum absolute atomic E-state index is 0.151. The molecule has 0 aliphatic heterocycles. The zero-order valence-corrected chi connectivity index (χ0v) is 10.9. The Morgan fingerprint density at radius 2 is 2.05 bits per heavy atom. The molecule has 0 aliphatic carbocycles. The maximum atomic E-state index is 11.9. The minimum atomic E-state index is -0.429. The summed E-state index contributed by atoms with van der Waals surface area (Å²) in [6, 6.07) is 6.99. The van der Waals surface area contributed by atoms with Gasteiger partial charge in [0.25, 0.3) is 5.91 Å². The molecule has 0 fully saturated rings. The van der Waals surface area contributed by atoms with Gasteiger partial charge in [-0.05, 0) is 48.5 Å². The smallest absolute Gasteiger partial charge is 0.251 e. The van der Waals surface area contributed by atoms with Gasteiger partial charge in [-0.1, -0.05) is 0 Å². The highest BCUT2D eigenvalue weighted by atomic mass is 16.1. The predicted molar refractivity (Wildman–Crippen MR) is 69.8 cm³/mol. The highest BCUT2D eigenvalue weighted by Crippen LogP contribution is 2.07. The number of hydrogen-bond acceptors (Lipinski definition) is 5. The van der Waals surface area contributed by atoms with E-state index in [-0.39, 0.29) is 5.91 Å². The van der Waals surface area contributed by atoms with Crippen molar-refractivity contribution in [1.82, 2.24) is 25.5 Å². The third-order valence-electron chi connectivity index (χ3n) is 2.45. The Hall–Kier alpha value is -2.28. The van der Waals surface area contributed by atoms with Crippen LogP contribution in [0.15, 0.2) is 30.6 Å². The molecule has 0 saturated heterocycles. The van der Waals surface area contributed by atoms with Crippen molar-refractivity contribution in [3.05, 3.63) is 36.2 Å². The lowest BCUT2D eigenvalue weighted by atomic mass is 10.1. The van der Waals surface area contributed by atoms with E-state index in [9.17, 15) is 4.79 Å². The fraction of sp³-hybridized carbons (Fsp3) is 0.333. The van der Waals surface area contributed by atoms with Crippen LogP contribution in [-0.4, -0.2) is 38.2 Å². The molecule has 0 spiro atoms. The normalized spacial score (nSPS) is 11.3. The molecule has 2 rings (SSSR count). The topological polar surface area (TPSA) is 98.7 Å². The summed E-state index contributed by atoms with van der Waals surface area (Å²) in [7, 11) is 0. The van der Waals surface area contributed by atoms with Crippen LogP contribution < -0.4 is 11.1 Å². The first-order chi connectivity index (χ1) is 8.96. The monoisotopic (exact) mass is 260 g/mol. The van der Waals surface area contributed by atoms with Crippen molar-refractivity contribution < 1.29 is 4.79 Å². The van der Waals surface area contributed by atoms with Gasteiger partial charge in [-0.15, -0.1) is 5.10 Å². The number of nitrogens with zero attached hydrogens (tertiary/aromatic N) is 4. The van der Waals surface area contributed by atoms with Gasteiger partial charge in [0.1, 0.15) is 6.33 Å². The van der Waals surface area contributed by atoms with Crippen molar-refractivity contribution in [1.29, 1.82) is 0 Å². The van der Waals surface area contributed by atoms with E-state index in [0.717, 1.165) is 5.69 Å². The minimum Gasteiger partial charge on any atom is -0.350 e. The van der Waals surface area contributed by atoms with Gasteiger partial charge in [0.05, 0.1) is 5.69 Å². The van der Waals surface area contributed by atoms with Crippen molar-refractivity contribution in [2.45, 2.75) is 19.4 Å². The molecule has 0 unspecified atom stereocenters. The number of rotatable bonds is 4. The van der Waals surface area contributed by atoms with Crippen LogP contribution in [0, 0.1) is 0 Å². The lowest BCUT2D eigenvalue weighted by Gasteiger charge is -2.18. The van der Waals surface area contributed by atoms with Gasteiger partial charge in [-0.25, -0.2) is 4.68 Å². The zero-order chi connectivity index (χ0) is 13.9. The lowest BCUT2D eigenvalue weighted by molar-refractivity contribution is 0.0946. The van der Waals surface area contributed by atoms with Crippen LogP contribution in [0.1, 0.15) is 24.2 Å². The first-order valence-electron chi connectivity index (χ1n) is 5.86. The number of amides is 1. The van der Waals surface area contributed by atoms with E-state index in [1.165, 1.54) is 11.0 Å².